The van der Waals surface area contributed by atoms with Crippen molar-refractivity contribution in [3.05, 3.63) is 35.4 Å². The molecule has 0 spiro atoms. The van der Waals surface area contributed by atoms with E-state index >= 15 is 0 Å². The van der Waals surface area contributed by atoms with E-state index in [0.717, 1.165) is 17.4 Å². The number of carbonyl (C=O) groups excluding carboxylic acids is 2. The summed E-state index contributed by atoms with van der Waals surface area (Å²) in [5.74, 6) is -1.15. The summed E-state index contributed by atoms with van der Waals surface area (Å²) in [6, 6.07) is 5.68. The third kappa shape index (κ3) is 7.10. The lowest BCUT2D eigenvalue weighted by atomic mass is 10.0. The molecule has 8 heteroatoms. The maximum absolute atomic E-state index is 12.1. The van der Waals surface area contributed by atoms with E-state index in [1.165, 1.54) is 6.92 Å². The highest BCUT2D eigenvalue weighted by atomic mass is 32.2. The number of carbonyl (C=O) groups is 2. The molecule has 1 amide bonds. The second kappa shape index (κ2) is 8.79. The van der Waals surface area contributed by atoms with Crippen molar-refractivity contribution in [2.45, 2.75) is 39.3 Å². The number of aryl methyl sites for hydroxylation is 1. The quantitative estimate of drug-likeness (QED) is 0.662. The van der Waals surface area contributed by atoms with Crippen LogP contribution in [0.5, 0.6) is 0 Å². The number of hydrogen-bond donors (Lipinski definition) is 2. The van der Waals surface area contributed by atoms with Gasteiger partial charge in [-0.05, 0) is 26.3 Å². The minimum absolute atomic E-state index is 0.191. The molecule has 0 radical (unpaired) electrons. The first-order valence-electron chi connectivity index (χ1n) is 7.62. The summed E-state index contributed by atoms with van der Waals surface area (Å²) in [5, 5.41) is 2.55. The van der Waals surface area contributed by atoms with Crippen molar-refractivity contribution in [3.63, 3.8) is 0 Å². The van der Waals surface area contributed by atoms with Gasteiger partial charge < -0.3 is 10.1 Å². The molecule has 134 valence electrons. The summed E-state index contributed by atoms with van der Waals surface area (Å²) < 4.78 is 29.6. The fourth-order valence-electron chi connectivity index (χ4n) is 2.07. The minimum atomic E-state index is -3.53. The van der Waals surface area contributed by atoms with Gasteiger partial charge in [-0.25, -0.2) is 17.9 Å². The Labute approximate surface area is 142 Å². The normalized spacial score (nSPS) is 13.8. The predicted molar refractivity (Wildman–Crippen MR) is 90.9 cm³/mol. The number of benzene rings is 1. The van der Waals surface area contributed by atoms with Crippen LogP contribution in [-0.2, 0) is 30.8 Å². The molecule has 0 aliphatic heterocycles. The zero-order valence-electron chi connectivity index (χ0n) is 14.3. The van der Waals surface area contributed by atoms with Crippen LogP contribution in [-0.4, -0.2) is 45.2 Å². The fourth-order valence-corrected chi connectivity index (χ4v) is 2.82. The van der Waals surface area contributed by atoms with Gasteiger partial charge in [0.1, 0.15) is 6.04 Å². The zero-order valence-corrected chi connectivity index (χ0v) is 15.1. The van der Waals surface area contributed by atoms with E-state index in [0.29, 0.717) is 0 Å². The summed E-state index contributed by atoms with van der Waals surface area (Å²) in [6.07, 6.45) is 1.22. The summed E-state index contributed by atoms with van der Waals surface area (Å²) >= 11 is 0. The molecular weight excluding hydrogens is 332 g/mol. The second-order valence-corrected chi connectivity index (χ2v) is 7.39. The van der Waals surface area contributed by atoms with Crippen molar-refractivity contribution in [3.8, 4) is 0 Å². The van der Waals surface area contributed by atoms with Crippen LogP contribution in [0.15, 0.2) is 24.3 Å². The lowest BCUT2D eigenvalue weighted by molar-refractivity contribution is -0.147. The Morgan fingerprint density at radius 3 is 2.29 bits per heavy atom. The maximum atomic E-state index is 12.1. The molecule has 0 saturated carbocycles. The first-order valence-corrected chi connectivity index (χ1v) is 9.51. The van der Waals surface area contributed by atoms with E-state index in [9.17, 15) is 18.0 Å². The lowest BCUT2D eigenvalue weighted by Gasteiger charge is -2.20. The van der Waals surface area contributed by atoms with E-state index < -0.39 is 34.0 Å². The van der Waals surface area contributed by atoms with Gasteiger partial charge >= 0.3 is 5.97 Å². The van der Waals surface area contributed by atoms with Gasteiger partial charge in [0.15, 0.2) is 0 Å². The van der Waals surface area contributed by atoms with Crippen molar-refractivity contribution in [1.29, 1.82) is 0 Å². The standard InChI is InChI=1S/C16H24N2O5S/c1-5-23-16(20)14(10-13-8-6-11(2)7-9-13)17-15(19)12(3)18-24(4,21)22/h6-9,12,14,18H,5,10H2,1-4H3,(H,17,19). The number of rotatable bonds is 8. The van der Waals surface area contributed by atoms with E-state index in [-0.39, 0.29) is 13.0 Å². The fraction of sp³-hybridized carbons (Fsp3) is 0.500. The molecule has 2 N–H and O–H groups in total. The largest absolute Gasteiger partial charge is 0.464 e. The van der Waals surface area contributed by atoms with Gasteiger partial charge in [0.25, 0.3) is 0 Å². The highest BCUT2D eigenvalue weighted by molar-refractivity contribution is 7.88. The van der Waals surface area contributed by atoms with Gasteiger partial charge in [0, 0.05) is 6.42 Å². The van der Waals surface area contributed by atoms with Crippen LogP contribution in [0.1, 0.15) is 25.0 Å². The van der Waals surface area contributed by atoms with Crippen LogP contribution in [0.4, 0.5) is 0 Å². The molecule has 24 heavy (non-hydrogen) atoms. The van der Waals surface area contributed by atoms with Crippen LogP contribution in [0, 0.1) is 6.92 Å². The third-order valence-electron chi connectivity index (χ3n) is 3.23. The molecule has 1 rings (SSSR count). The van der Waals surface area contributed by atoms with Crippen molar-refractivity contribution >= 4 is 21.9 Å². The Kier molecular flexibility index (Phi) is 7.37. The number of esters is 1. The van der Waals surface area contributed by atoms with Crippen LogP contribution in [0.3, 0.4) is 0 Å². The molecular formula is C16H24N2O5S. The Balaban J connectivity index is 2.83. The average Bonchev–Trinajstić information content (AvgIpc) is 2.47. The highest BCUT2D eigenvalue weighted by Crippen LogP contribution is 2.08. The molecule has 0 aliphatic carbocycles. The number of sulfonamides is 1. The average molecular weight is 356 g/mol. The van der Waals surface area contributed by atoms with E-state index in [1.54, 1.807) is 6.92 Å². The van der Waals surface area contributed by atoms with Crippen LogP contribution < -0.4 is 10.0 Å². The van der Waals surface area contributed by atoms with Crippen molar-refractivity contribution < 1.29 is 22.7 Å². The zero-order chi connectivity index (χ0) is 18.3. The molecule has 1 aromatic rings. The van der Waals surface area contributed by atoms with Gasteiger partial charge in [-0.3, -0.25) is 4.79 Å². The number of hydrogen-bond acceptors (Lipinski definition) is 5. The Morgan fingerprint density at radius 1 is 1.21 bits per heavy atom. The van der Waals surface area contributed by atoms with Gasteiger partial charge in [0.2, 0.25) is 15.9 Å². The van der Waals surface area contributed by atoms with Gasteiger partial charge in [0.05, 0.1) is 18.9 Å². The minimum Gasteiger partial charge on any atom is -0.464 e. The SMILES string of the molecule is CCOC(=O)C(Cc1ccc(C)cc1)NC(=O)C(C)NS(C)(=O)=O. The molecule has 0 bridgehead atoms. The summed E-state index contributed by atoms with van der Waals surface area (Å²) in [6.45, 7) is 5.23. The van der Waals surface area contributed by atoms with E-state index in [2.05, 4.69) is 10.0 Å². The van der Waals surface area contributed by atoms with Gasteiger partial charge in [-0.15, -0.1) is 0 Å². The molecule has 0 aliphatic rings. The number of ether oxygens (including phenoxy) is 1. The first kappa shape index (κ1) is 20.1. The van der Waals surface area contributed by atoms with E-state index in [1.807, 2.05) is 31.2 Å². The Morgan fingerprint density at radius 2 is 1.79 bits per heavy atom. The predicted octanol–water partition coefficient (Wildman–Crippen LogP) is 0.523. The summed E-state index contributed by atoms with van der Waals surface area (Å²) in [4.78, 5) is 24.2. The molecule has 1 aromatic carbocycles. The number of amides is 1. The van der Waals surface area contributed by atoms with Gasteiger partial charge in [-0.2, -0.15) is 0 Å². The van der Waals surface area contributed by atoms with Crippen molar-refractivity contribution in [1.82, 2.24) is 10.0 Å². The van der Waals surface area contributed by atoms with Crippen LogP contribution in [0.2, 0.25) is 0 Å². The molecule has 2 unspecified atom stereocenters. The van der Waals surface area contributed by atoms with Crippen LogP contribution in [0.25, 0.3) is 0 Å². The van der Waals surface area contributed by atoms with E-state index in [4.69, 9.17) is 4.74 Å². The third-order valence-corrected chi connectivity index (χ3v) is 4.01. The van der Waals surface area contributed by atoms with Crippen LogP contribution >= 0.6 is 0 Å². The second-order valence-electron chi connectivity index (χ2n) is 5.61. The van der Waals surface area contributed by atoms with Crippen molar-refractivity contribution in [2.24, 2.45) is 0 Å². The molecule has 7 nitrogen and oxygen atoms in total. The molecule has 0 saturated heterocycles. The molecule has 0 fully saturated rings. The molecule has 0 aromatic heterocycles. The van der Waals surface area contributed by atoms with Gasteiger partial charge in [-0.1, -0.05) is 29.8 Å². The summed E-state index contributed by atoms with van der Waals surface area (Å²) in [5.41, 5.74) is 1.95. The number of nitrogens with one attached hydrogen (secondary N) is 2. The smallest absolute Gasteiger partial charge is 0.328 e. The first-order chi connectivity index (χ1) is 11.1. The monoisotopic (exact) mass is 356 g/mol. The molecule has 0 heterocycles. The Bertz CT molecular complexity index is 670. The Hall–Kier alpha value is -1.93. The van der Waals surface area contributed by atoms with Crippen molar-refractivity contribution in [2.75, 3.05) is 12.9 Å². The lowest BCUT2D eigenvalue weighted by Crippen LogP contribution is -2.51. The topological polar surface area (TPSA) is 102 Å². The summed E-state index contributed by atoms with van der Waals surface area (Å²) in [7, 11) is -3.53. The molecule has 2 atom stereocenters. The maximum Gasteiger partial charge on any atom is 0.328 e. The highest BCUT2D eigenvalue weighted by Gasteiger charge is 2.26.